The van der Waals surface area contributed by atoms with Crippen LogP contribution in [0.4, 0.5) is 4.79 Å². The number of rotatable bonds is 10. The minimum absolute atomic E-state index is 0.0842. The molecular formula is C23H26N2O8. The molecule has 0 fully saturated rings. The monoisotopic (exact) mass is 458 g/mol. The lowest BCUT2D eigenvalue weighted by Crippen LogP contribution is -2.47. The number of benzene rings is 1. The van der Waals surface area contributed by atoms with E-state index in [2.05, 4.69) is 10.6 Å². The molecule has 0 spiro atoms. The summed E-state index contributed by atoms with van der Waals surface area (Å²) < 4.78 is 27.0. The molecule has 1 aromatic carbocycles. The minimum atomic E-state index is -0.892. The van der Waals surface area contributed by atoms with Crippen molar-refractivity contribution in [3.8, 4) is 11.5 Å². The lowest BCUT2D eigenvalue weighted by Gasteiger charge is -2.27. The van der Waals surface area contributed by atoms with Crippen LogP contribution in [-0.4, -0.2) is 44.4 Å². The summed E-state index contributed by atoms with van der Waals surface area (Å²) in [6.07, 6.45) is 1.42. The summed E-state index contributed by atoms with van der Waals surface area (Å²) in [5, 5.41) is 5.15. The first-order valence-electron chi connectivity index (χ1n) is 10.6. The Hall–Kier alpha value is -3.95. The van der Waals surface area contributed by atoms with E-state index < -0.39 is 24.0 Å². The summed E-state index contributed by atoms with van der Waals surface area (Å²) in [7, 11) is 0. The summed E-state index contributed by atoms with van der Waals surface area (Å²) in [5.41, 5.74) is 0.409. The molecule has 0 aliphatic carbocycles. The second-order valence-corrected chi connectivity index (χ2v) is 6.76. The van der Waals surface area contributed by atoms with E-state index in [0.717, 1.165) is 0 Å². The van der Waals surface area contributed by atoms with Crippen LogP contribution in [0.15, 0.2) is 52.3 Å². The van der Waals surface area contributed by atoms with E-state index in [4.69, 9.17) is 23.4 Å². The number of urea groups is 1. The molecule has 0 saturated carbocycles. The molecule has 2 amide bonds. The van der Waals surface area contributed by atoms with Crippen molar-refractivity contribution >= 4 is 18.0 Å². The van der Waals surface area contributed by atoms with Crippen LogP contribution in [0, 0.1) is 0 Å². The number of amides is 2. The average Bonchev–Trinajstić information content (AvgIpc) is 3.33. The van der Waals surface area contributed by atoms with Gasteiger partial charge in [0.2, 0.25) is 0 Å². The summed E-state index contributed by atoms with van der Waals surface area (Å²) in [5.74, 6) is -0.0813. The third kappa shape index (κ3) is 5.65. The van der Waals surface area contributed by atoms with Crippen LogP contribution in [0.1, 0.15) is 42.9 Å². The molecule has 2 N–H and O–H groups in total. The van der Waals surface area contributed by atoms with Crippen LogP contribution in [0.3, 0.4) is 0 Å². The van der Waals surface area contributed by atoms with Gasteiger partial charge < -0.3 is 34.0 Å². The molecular weight excluding hydrogens is 432 g/mol. The molecule has 1 unspecified atom stereocenters. The fraction of sp³-hybridized carbons (Fsp3) is 0.348. The number of furan rings is 1. The first-order chi connectivity index (χ1) is 16.0. The van der Waals surface area contributed by atoms with Gasteiger partial charge in [-0.3, -0.25) is 0 Å². The second kappa shape index (κ2) is 11.1. The Labute approximate surface area is 190 Å². The van der Waals surface area contributed by atoms with Gasteiger partial charge in [0.1, 0.15) is 18.4 Å². The molecule has 2 heterocycles. The van der Waals surface area contributed by atoms with Gasteiger partial charge in [0.25, 0.3) is 0 Å². The Morgan fingerprint density at radius 2 is 1.73 bits per heavy atom. The van der Waals surface area contributed by atoms with Crippen molar-refractivity contribution in [3.05, 3.63) is 59.2 Å². The fourth-order valence-corrected chi connectivity index (χ4v) is 3.25. The van der Waals surface area contributed by atoms with Gasteiger partial charge in [-0.15, -0.1) is 0 Å². The highest BCUT2D eigenvalue weighted by Gasteiger charge is 2.35. The standard InChI is InChI=1S/C23H26N2O8/c1-4-29-16-10-9-14(12-18(16)30-5-2)21(26)33-13-15-19(22(27)31-6-3)20(25-23(28)24-15)17-8-7-11-32-17/h7-12,20H,4-6,13H2,1-3H3,(H2,24,25,28). The van der Waals surface area contributed by atoms with Gasteiger partial charge in [0.05, 0.1) is 42.9 Å². The molecule has 3 rings (SSSR count). The van der Waals surface area contributed by atoms with Crippen molar-refractivity contribution < 1.29 is 37.7 Å². The van der Waals surface area contributed by atoms with Crippen LogP contribution in [-0.2, 0) is 14.3 Å². The molecule has 1 aliphatic rings. The molecule has 10 heteroatoms. The largest absolute Gasteiger partial charge is 0.490 e. The first-order valence-corrected chi connectivity index (χ1v) is 10.6. The lowest BCUT2D eigenvalue weighted by atomic mass is 10.0. The lowest BCUT2D eigenvalue weighted by molar-refractivity contribution is -0.139. The summed E-state index contributed by atoms with van der Waals surface area (Å²) >= 11 is 0. The molecule has 0 saturated heterocycles. The average molecular weight is 458 g/mol. The zero-order chi connectivity index (χ0) is 23.8. The van der Waals surface area contributed by atoms with Crippen LogP contribution in [0.25, 0.3) is 0 Å². The number of ether oxygens (including phenoxy) is 4. The Bertz CT molecular complexity index is 1030. The summed E-state index contributed by atoms with van der Waals surface area (Å²) in [6, 6.07) is 6.47. The highest BCUT2D eigenvalue weighted by molar-refractivity contribution is 5.95. The number of esters is 2. The highest BCUT2D eigenvalue weighted by atomic mass is 16.5. The molecule has 33 heavy (non-hydrogen) atoms. The highest BCUT2D eigenvalue weighted by Crippen LogP contribution is 2.30. The van der Waals surface area contributed by atoms with Gasteiger partial charge in [-0.25, -0.2) is 14.4 Å². The van der Waals surface area contributed by atoms with Crippen molar-refractivity contribution in [2.24, 2.45) is 0 Å². The van der Waals surface area contributed by atoms with Crippen molar-refractivity contribution in [3.63, 3.8) is 0 Å². The Morgan fingerprint density at radius 3 is 2.39 bits per heavy atom. The van der Waals surface area contributed by atoms with Crippen molar-refractivity contribution in [1.29, 1.82) is 0 Å². The number of carbonyl (C=O) groups is 3. The van der Waals surface area contributed by atoms with E-state index in [9.17, 15) is 14.4 Å². The maximum Gasteiger partial charge on any atom is 0.338 e. The Balaban J connectivity index is 1.85. The first kappa shape index (κ1) is 23.7. The minimum Gasteiger partial charge on any atom is -0.490 e. The molecule has 2 aromatic rings. The molecule has 1 atom stereocenters. The van der Waals surface area contributed by atoms with E-state index in [0.29, 0.717) is 30.5 Å². The predicted octanol–water partition coefficient (Wildman–Crippen LogP) is 3.11. The van der Waals surface area contributed by atoms with Crippen LogP contribution in [0.2, 0.25) is 0 Å². The molecule has 176 valence electrons. The molecule has 0 bridgehead atoms. The van der Waals surface area contributed by atoms with Crippen LogP contribution in [0.5, 0.6) is 11.5 Å². The number of hydrogen-bond acceptors (Lipinski definition) is 8. The quantitative estimate of drug-likeness (QED) is 0.520. The van der Waals surface area contributed by atoms with Crippen molar-refractivity contribution in [2.75, 3.05) is 26.4 Å². The normalized spacial score (nSPS) is 15.4. The SMILES string of the molecule is CCOC(=O)C1=C(COC(=O)c2ccc(OCC)c(OCC)c2)NC(=O)NC1c1ccco1. The van der Waals surface area contributed by atoms with Crippen molar-refractivity contribution in [1.82, 2.24) is 10.6 Å². The van der Waals surface area contributed by atoms with E-state index in [1.165, 1.54) is 12.3 Å². The van der Waals surface area contributed by atoms with Gasteiger partial charge in [0.15, 0.2) is 11.5 Å². The molecule has 10 nitrogen and oxygen atoms in total. The topological polar surface area (TPSA) is 125 Å². The van der Waals surface area contributed by atoms with Gasteiger partial charge in [-0.2, -0.15) is 0 Å². The number of hydrogen-bond donors (Lipinski definition) is 2. The molecule has 0 radical (unpaired) electrons. The predicted molar refractivity (Wildman–Crippen MR) is 116 cm³/mol. The Kier molecular flexibility index (Phi) is 7.96. The smallest absolute Gasteiger partial charge is 0.338 e. The van der Waals surface area contributed by atoms with Crippen molar-refractivity contribution in [2.45, 2.75) is 26.8 Å². The van der Waals surface area contributed by atoms with Gasteiger partial charge >= 0.3 is 18.0 Å². The van der Waals surface area contributed by atoms with Crippen LogP contribution < -0.4 is 20.1 Å². The summed E-state index contributed by atoms with van der Waals surface area (Å²) in [6.45, 7) is 5.92. The maximum atomic E-state index is 12.7. The number of nitrogens with one attached hydrogen (secondary N) is 2. The van der Waals surface area contributed by atoms with E-state index in [1.807, 2.05) is 13.8 Å². The zero-order valence-corrected chi connectivity index (χ0v) is 18.6. The van der Waals surface area contributed by atoms with Gasteiger partial charge in [0, 0.05) is 0 Å². The third-order valence-electron chi connectivity index (χ3n) is 4.60. The van der Waals surface area contributed by atoms with E-state index >= 15 is 0 Å². The third-order valence-corrected chi connectivity index (χ3v) is 4.60. The molecule has 1 aliphatic heterocycles. The van der Waals surface area contributed by atoms with Gasteiger partial charge in [-0.1, -0.05) is 0 Å². The zero-order valence-electron chi connectivity index (χ0n) is 18.6. The Morgan fingerprint density at radius 1 is 0.970 bits per heavy atom. The summed E-state index contributed by atoms with van der Waals surface area (Å²) in [4.78, 5) is 37.6. The maximum absolute atomic E-state index is 12.7. The van der Waals surface area contributed by atoms with E-state index in [-0.39, 0.29) is 30.0 Å². The molecule has 1 aromatic heterocycles. The van der Waals surface area contributed by atoms with E-state index in [1.54, 1.807) is 31.2 Å². The van der Waals surface area contributed by atoms with Crippen LogP contribution >= 0.6 is 0 Å². The fourth-order valence-electron chi connectivity index (χ4n) is 3.25. The second-order valence-electron chi connectivity index (χ2n) is 6.76. The van der Waals surface area contributed by atoms with Gasteiger partial charge in [-0.05, 0) is 51.1 Å². The number of carbonyl (C=O) groups excluding carboxylic acids is 3.